The second kappa shape index (κ2) is 8.01. The zero-order valence-electron chi connectivity index (χ0n) is 14.4. The van der Waals surface area contributed by atoms with E-state index in [4.69, 9.17) is 0 Å². The Balaban J connectivity index is 2.17. The van der Waals surface area contributed by atoms with Gasteiger partial charge in [-0.3, -0.25) is 14.2 Å². The van der Waals surface area contributed by atoms with Gasteiger partial charge in [-0.2, -0.15) is 0 Å². The van der Waals surface area contributed by atoms with Gasteiger partial charge in [0.05, 0.1) is 6.54 Å². The van der Waals surface area contributed by atoms with Crippen LogP contribution in [0.25, 0.3) is 5.69 Å². The Kier molecular flexibility index (Phi) is 6.03. The van der Waals surface area contributed by atoms with Crippen molar-refractivity contribution in [2.75, 3.05) is 33.4 Å². The second-order valence-electron chi connectivity index (χ2n) is 5.44. The minimum absolute atomic E-state index is 0.0855. The standard InChI is InChI=1S/C17H22N4O2S/c1-5-20(12-15(22)19(2)3)16(23)13-6-8-14(9-7-13)21-11-10-18-17(21)24-4/h6-11H,5,12H2,1-4H3. The highest BCUT2D eigenvalue weighted by molar-refractivity contribution is 7.98. The Labute approximate surface area is 146 Å². The molecule has 0 radical (unpaired) electrons. The molecule has 2 amide bonds. The smallest absolute Gasteiger partial charge is 0.254 e. The van der Waals surface area contributed by atoms with Crippen molar-refractivity contribution in [3.05, 3.63) is 42.2 Å². The Morgan fingerprint density at radius 1 is 1.21 bits per heavy atom. The van der Waals surface area contributed by atoms with Crippen LogP contribution < -0.4 is 0 Å². The number of nitrogens with zero attached hydrogens (tertiary/aromatic N) is 4. The van der Waals surface area contributed by atoms with E-state index in [9.17, 15) is 9.59 Å². The predicted molar refractivity (Wildman–Crippen MR) is 95.6 cm³/mol. The molecule has 2 aromatic rings. The van der Waals surface area contributed by atoms with Crippen LogP contribution in [0, 0.1) is 0 Å². The number of amides is 2. The third-order valence-corrected chi connectivity index (χ3v) is 4.34. The molecule has 0 spiro atoms. The first-order valence-corrected chi connectivity index (χ1v) is 8.87. The molecule has 1 heterocycles. The van der Waals surface area contributed by atoms with Gasteiger partial charge in [-0.15, -0.1) is 0 Å². The van der Waals surface area contributed by atoms with Crippen molar-refractivity contribution in [3.63, 3.8) is 0 Å². The molecular formula is C17H22N4O2S. The molecule has 0 unspecified atom stereocenters. The zero-order valence-corrected chi connectivity index (χ0v) is 15.2. The maximum atomic E-state index is 12.6. The van der Waals surface area contributed by atoms with Crippen molar-refractivity contribution in [2.45, 2.75) is 12.1 Å². The van der Waals surface area contributed by atoms with Crippen LogP contribution in [-0.4, -0.2) is 64.6 Å². The number of hydrogen-bond donors (Lipinski definition) is 0. The Hall–Kier alpha value is -2.28. The van der Waals surface area contributed by atoms with Crippen LogP contribution in [0.4, 0.5) is 0 Å². The van der Waals surface area contributed by atoms with Gasteiger partial charge >= 0.3 is 0 Å². The Morgan fingerprint density at radius 2 is 1.88 bits per heavy atom. The fourth-order valence-electron chi connectivity index (χ4n) is 2.22. The van der Waals surface area contributed by atoms with Crippen molar-refractivity contribution in [3.8, 4) is 5.69 Å². The third kappa shape index (κ3) is 3.97. The number of benzene rings is 1. The third-order valence-electron chi connectivity index (χ3n) is 3.68. The van der Waals surface area contributed by atoms with Crippen LogP contribution in [-0.2, 0) is 4.79 Å². The quantitative estimate of drug-likeness (QED) is 0.752. The topological polar surface area (TPSA) is 58.4 Å². The van der Waals surface area contributed by atoms with Gasteiger partial charge in [0.1, 0.15) is 0 Å². The fraction of sp³-hybridized carbons (Fsp3) is 0.353. The van der Waals surface area contributed by atoms with Gasteiger partial charge in [0.2, 0.25) is 5.91 Å². The SMILES string of the molecule is CCN(CC(=O)N(C)C)C(=O)c1ccc(-n2ccnc2SC)cc1. The maximum Gasteiger partial charge on any atom is 0.254 e. The molecule has 7 heteroatoms. The van der Waals surface area contributed by atoms with E-state index >= 15 is 0 Å². The molecule has 6 nitrogen and oxygen atoms in total. The highest BCUT2D eigenvalue weighted by Gasteiger charge is 2.18. The lowest BCUT2D eigenvalue weighted by atomic mass is 10.1. The number of imidazole rings is 1. The van der Waals surface area contributed by atoms with Crippen molar-refractivity contribution in [1.82, 2.24) is 19.4 Å². The monoisotopic (exact) mass is 346 g/mol. The summed E-state index contributed by atoms with van der Waals surface area (Å²) in [6.45, 7) is 2.44. The van der Waals surface area contributed by atoms with E-state index in [1.165, 1.54) is 4.90 Å². The van der Waals surface area contributed by atoms with Gasteiger partial charge < -0.3 is 9.80 Å². The molecule has 1 aromatic carbocycles. The lowest BCUT2D eigenvalue weighted by Crippen LogP contribution is -2.40. The molecule has 0 aliphatic rings. The maximum absolute atomic E-state index is 12.6. The van der Waals surface area contributed by atoms with Crippen molar-refractivity contribution >= 4 is 23.6 Å². The molecule has 0 bridgehead atoms. The molecule has 0 saturated heterocycles. The zero-order chi connectivity index (χ0) is 17.7. The van der Waals surface area contributed by atoms with E-state index in [1.807, 2.05) is 36.1 Å². The predicted octanol–water partition coefficient (Wildman–Crippen LogP) is 2.14. The second-order valence-corrected chi connectivity index (χ2v) is 6.21. The molecule has 0 atom stereocenters. The van der Waals surface area contributed by atoms with Crippen LogP contribution in [0.15, 0.2) is 41.8 Å². The average molecular weight is 346 g/mol. The van der Waals surface area contributed by atoms with Gasteiger partial charge in [-0.25, -0.2) is 4.98 Å². The molecule has 0 aliphatic carbocycles. The first kappa shape index (κ1) is 18.1. The summed E-state index contributed by atoms with van der Waals surface area (Å²) in [5, 5.41) is 0.890. The number of carbonyl (C=O) groups excluding carboxylic acids is 2. The number of hydrogen-bond acceptors (Lipinski definition) is 4. The molecule has 24 heavy (non-hydrogen) atoms. The molecule has 0 aliphatic heterocycles. The van der Waals surface area contributed by atoms with Gasteiger partial charge in [0.15, 0.2) is 5.16 Å². The highest BCUT2D eigenvalue weighted by Crippen LogP contribution is 2.19. The van der Waals surface area contributed by atoms with E-state index < -0.39 is 0 Å². The Bertz CT molecular complexity index is 710. The van der Waals surface area contributed by atoms with Crippen LogP contribution in [0.2, 0.25) is 0 Å². The summed E-state index contributed by atoms with van der Waals surface area (Å²) in [5.41, 5.74) is 1.51. The summed E-state index contributed by atoms with van der Waals surface area (Å²) in [6.07, 6.45) is 5.60. The van der Waals surface area contributed by atoms with Gasteiger partial charge in [0.25, 0.3) is 5.91 Å². The van der Waals surface area contributed by atoms with E-state index in [0.29, 0.717) is 12.1 Å². The van der Waals surface area contributed by atoms with Crippen LogP contribution in [0.5, 0.6) is 0 Å². The minimum Gasteiger partial charge on any atom is -0.347 e. The number of aromatic nitrogens is 2. The summed E-state index contributed by atoms with van der Waals surface area (Å²) in [4.78, 5) is 31.7. The van der Waals surface area contributed by atoms with E-state index in [1.54, 1.807) is 49.1 Å². The van der Waals surface area contributed by atoms with Crippen molar-refractivity contribution < 1.29 is 9.59 Å². The van der Waals surface area contributed by atoms with Gasteiger partial charge in [-0.1, -0.05) is 11.8 Å². The molecule has 0 fully saturated rings. The number of thioether (sulfide) groups is 1. The fourth-order valence-corrected chi connectivity index (χ4v) is 2.75. The molecule has 0 saturated carbocycles. The lowest BCUT2D eigenvalue weighted by molar-refractivity contribution is -0.129. The summed E-state index contributed by atoms with van der Waals surface area (Å²) in [7, 11) is 3.37. The molecule has 0 N–H and O–H groups in total. The van der Waals surface area contributed by atoms with Crippen molar-refractivity contribution in [2.24, 2.45) is 0 Å². The van der Waals surface area contributed by atoms with E-state index in [-0.39, 0.29) is 18.4 Å². The van der Waals surface area contributed by atoms with E-state index in [0.717, 1.165) is 10.8 Å². The summed E-state index contributed by atoms with van der Waals surface area (Å²) in [6, 6.07) is 7.33. The molecular weight excluding hydrogens is 324 g/mol. The number of likely N-dealkylation sites (N-methyl/N-ethyl adjacent to an activating group) is 2. The first-order valence-electron chi connectivity index (χ1n) is 7.65. The normalized spacial score (nSPS) is 10.5. The summed E-state index contributed by atoms with van der Waals surface area (Å²) >= 11 is 1.56. The number of carbonyl (C=O) groups is 2. The van der Waals surface area contributed by atoms with Gasteiger partial charge in [-0.05, 0) is 37.4 Å². The van der Waals surface area contributed by atoms with Gasteiger partial charge in [0, 0.05) is 44.3 Å². The van der Waals surface area contributed by atoms with E-state index in [2.05, 4.69) is 4.98 Å². The number of rotatable bonds is 6. The van der Waals surface area contributed by atoms with Crippen LogP contribution in [0.1, 0.15) is 17.3 Å². The average Bonchev–Trinajstić information content (AvgIpc) is 3.07. The largest absolute Gasteiger partial charge is 0.347 e. The molecule has 1 aromatic heterocycles. The molecule has 2 rings (SSSR count). The highest BCUT2D eigenvalue weighted by atomic mass is 32.2. The Morgan fingerprint density at radius 3 is 2.42 bits per heavy atom. The molecule has 128 valence electrons. The summed E-state index contributed by atoms with van der Waals surface area (Å²) < 4.78 is 1.96. The van der Waals surface area contributed by atoms with Crippen LogP contribution >= 0.6 is 11.8 Å². The van der Waals surface area contributed by atoms with Crippen molar-refractivity contribution in [1.29, 1.82) is 0 Å². The van der Waals surface area contributed by atoms with Crippen LogP contribution in [0.3, 0.4) is 0 Å². The minimum atomic E-state index is -0.144. The summed E-state index contributed by atoms with van der Waals surface area (Å²) in [5.74, 6) is -0.236. The first-order chi connectivity index (χ1) is 11.5. The lowest BCUT2D eigenvalue weighted by Gasteiger charge is -2.22.